The zero-order chi connectivity index (χ0) is 19.3. The van der Waals surface area contributed by atoms with Crippen molar-refractivity contribution < 1.29 is 9.18 Å². The second kappa shape index (κ2) is 6.54. The fourth-order valence-electron chi connectivity index (χ4n) is 5.64. The molecule has 28 heavy (non-hydrogen) atoms. The van der Waals surface area contributed by atoms with Crippen LogP contribution in [0.2, 0.25) is 0 Å². The van der Waals surface area contributed by atoms with Crippen molar-refractivity contribution in [2.75, 3.05) is 0 Å². The van der Waals surface area contributed by atoms with Crippen molar-refractivity contribution >= 4 is 16.7 Å². The lowest BCUT2D eigenvalue weighted by molar-refractivity contribution is -0.123. The number of hydrogen-bond donors (Lipinski definition) is 0. The van der Waals surface area contributed by atoms with Crippen LogP contribution in [-0.2, 0) is 16.6 Å². The Morgan fingerprint density at radius 3 is 2.82 bits per heavy atom. The summed E-state index contributed by atoms with van der Waals surface area (Å²) in [5.41, 5.74) is 4.90. The van der Waals surface area contributed by atoms with E-state index < -0.39 is 0 Å². The summed E-state index contributed by atoms with van der Waals surface area (Å²) in [5, 5.41) is 5.71. The summed E-state index contributed by atoms with van der Waals surface area (Å²) in [6, 6.07) is 11.1. The summed E-state index contributed by atoms with van der Waals surface area (Å²) in [6.45, 7) is 2.28. The molecule has 3 nitrogen and oxygen atoms in total. The lowest BCUT2D eigenvalue weighted by atomic mass is 9.60. The maximum absolute atomic E-state index is 13.3. The molecule has 2 aromatic carbocycles. The minimum Gasteiger partial charge on any atom is -0.300 e. The highest BCUT2D eigenvalue weighted by molar-refractivity contribution is 5.84. The van der Waals surface area contributed by atoms with Crippen molar-refractivity contribution in [3.05, 3.63) is 59.5 Å². The van der Waals surface area contributed by atoms with Gasteiger partial charge in [0.05, 0.1) is 17.4 Å². The van der Waals surface area contributed by atoms with Crippen molar-refractivity contribution in [1.82, 2.24) is 9.78 Å². The number of hydrogen-bond acceptors (Lipinski definition) is 2. The van der Waals surface area contributed by atoms with Gasteiger partial charge in [-0.05, 0) is 91.0 Å². The second-order valence-corrected chi connectivity index (χ2v) is 8.44. The molecule has 0 bridgehead atoms. The number of nitrogens with zero attached hydrogens (tertiary/aromatic N) is 2. The molecule has 3 aromatic rings. The highest BCUT2D eigenvalue weighted by Gasteiger charge is 2.45. The van der Waals surface area contributed by atoms with E-state index in [0.29, 0.717) is 18.1 Å². The van der Waals surface area contributed by atoms with Crippen molar-refractivity contribution in [3.63, 3.8) is 0 Å². The van der Waals surface area contributed by atoms with Crippen LogP contribution in [0, 0.1) is 11.7 Å². The number of benzene rings is 2. The third-order valence-electron chi connectivity index (χ3n) is 7.14. The average Bonchev–Trinajstić information content (AvgIpc) is 3.04. The van der Waals surface area contributed by atoms with Gasteiger partial charge in [0.25, 0.3) is 0 Å². The molecule has 0 spiro atoms. The maximum Gasteiger partial charge on any atom is 0.133 e. The van der Waals surface area contributed by atoms with Gasteiger partial charge in [-0.1, -0.05) is 6.92 Å². The molecular weight excluding hydrogens is 351 g/mol. The minimum absolute atomic E-state index is 0.117. The zero-order valence-electron chi connectivity index (χ0n) is 16.2. The van der Waals surface area contributed by atoms with E-state index in [0.717, 1.165) is 55.1 Å². The highest BCUT2D eigenvalue weighted by Crippen LogP contribution is 2.51. The molecule has 1 fully saturated rings. The van der Waals surface area contributed by atoms with Gasteiger partial charge in [0, 0.05) is 18.2 Å². The molecule has 0 N–H and O–H groups in total. The van der Waals surface area contributed by atoms with E-state index >= 15 is 0 Å². The van der Waals surface area contributed by atoms with Crippen molar-refractivity contribution in [3.8, 4) is 5.69 Å². The number of Topliss-reactive ketones (excluding diaryl/α,β-unsaturated/α-hetero) is 1. The number of rotatable bonds is 2. The van der Waals surface area contributed by atoms with Crippen LogP contribution < -0.4 is 0 Å². The Morgan fingerprint density at radius 1 is 1.21 bits per heavy atom. The highest BCUT2D eigenvalue weighted by atomic mass is 19.1. The Bertz CT molecular complexity index is 1050. The van der Waals surface area contributed by atoms with Crippen LogP contribution in [0.1, 0.15) is 56.6 Å². The van der Waals surface area contributed by atoms with Crippen LogP contribution >= 0.6 is 0 Å². The Balaban J connectivity index is 1.67. The Labute approximate surface area is 164 Å². The number of aryl methyl sites for hydroxylation is 1. The molecule has 2 aliphatic carbocycles. The quantitative estimate of drug-likeness (QED) is 0.590. The van der Waals surface area contributed by atoms with Crippen molar-refractivity contribution in [2.24, 2.45) is 5.92 Å². The monoisotopic (exact) mass is 376 g/mol. The standard InChI is InChI=1S/C24H25FN2O/c1-2-24-11-10-21(28)14-18(24)5-3-4-16-13-23-17(12-22(16)24)15-26-27(23)20-8-6-19(25)7-9-20/h6-9,12-13,15,18H,2-5,10-11,14H2,1H3/t18-,24+/m0/s1. The lowest BCUT2D eigenvalue weighted by Crippen LogP contribution is -2.40. The van der Waals surface area contributed by atoms with E-state index in [1.165, 1.54) is 23.3 Å². The molecule has 0 amide bonds. The van der Waals surface area contributed by atoms with Crippen LogP contribution in [0.3, 0.4) is 0 Å². The largest absolute Gasteiger partial charge is 0.300 e. The molecule has 144 valence electrons. The molecule has 2 aliphatic rings. The summed E-state index contributed by atoms with van der Waals surface area (Å²) in [5.74, 6) is 0.657. The fraction of sp³-hybridized carbons (Fsp3) is 0.417. The molecule has 1 heterocycles. The predicted molar refractivity (Wildman–Crippen MR) is 108 cm³/mol. The Hall–Kier alpha value is -2.49. The summed E-state index contributed by atoms with van der Waals surface area (Å²) in [7, 11) is 0. The van der Waals surface area contributed by atoms with Gasteiger partial charge in [-0.25, -0.2) is 9.07 Å². The molecule has 0 saturated heterocycles. The second-order valence-electron chi connectivity index (χ2n) is 8.44. The van der Waals surface area contributed by atoms with Crippen LogP contribution in [0.15, 0.2) is 42.6 Å². The molecule has 0 aliphatic heterocycles. The van der Waals surface area contributed by atoms with E-state index in [-0.39, 0.29) is 11.2 Å². The normalized spacial score (nSPS) is 24.6. The molecule has 1 aromatic heterocycles. The van der Waals surface area contributed by atoms with Gasteiger partial charge >= 0.3 is 0 Å². The third kappa shape index (κ3) is 2.61. The van der Waals surface area contributed by atoms with Gasteiger partial charge in [-0.2, -0.15) is 5.10 Å². The van der Waals surface area contributed by atoms with Gasteiger partial charge < -0.3 is 0 Å². The molecule has 5 rings (SSSR count). The number of halogens is 1. The minimum atomic E-state index is -0.239. The first-order valence-electron chi connectivity index (χ1n) is 10.4. The van der Waals surface area contributed by atoms with Crippen molar-refractivity contribution in [2.45, 2.75) is 57.3 Å². The number of fused-ring (bicyclic) bond motifs is 4. The van der Waals surface area contributed by atoms with E-state index in [1.54, 1.807) is 12.1 Å². The number of ketones is 1. The molecule has 2 atom stereocenters. The van der Waals surface area contributed by atoms with Gasteiger partial charge in [-0.3, -0.25) is 4.79 Å². The predicted octanol–water partition coefficient (Wildman–Crippen LogP) is 5.52. The maximum atomic E-state index is 13.3. The van der Waals surface area contributed by atoms with Crippen LogP contribution in [-0.4, -0.2) is 15.6 Å². The van der Waals surface area contributed by atoms with E-state index in [1.807, 2.05) is 10.9 Å². The summed E-state index contributed by atoms with van der Waals surface area (Å²) >= 11 is 0. The van der Waals surface area contributed by atoms with Gasteiger partial charge in [0.2, 0.25) is 0 Å². The average molecular weight is 376 g/mol. The van der Waals surface area contributed by atoms with Gasteiger partial charge in [0.15, 0.2) is 0 Å². The molecular formula is C24H25FN2O. The smallest absolute Gasteiger partial charge is 0.133 e. The zero-order valence-corrected chi connectivity index (χ0v) is 16.2. The Kier molecular flexibility index (Phi) is 4.11. The molecule has 4 heteroatoms. The van der Waals surface area contributed by atoms with Gasteiger partial charge in [-0.15, -0.1) is 0 Å². The Morgan fingerprint density at radius 2 is 2.04 bits per heavy atom. The van der Waals surface area contributed by atoms with Crippen LogP contribution in [0.4, 0.5) is 4.39 Å². The van der Waals surface area contributed by atoms with E-state index in [9.17, 15) is 9.18 Å². The summed E-state index contributed by atoms with van der Waals surface area (Å²) in [4.78, 5) is 12.2. The molecule has 0 radical (unpaired) electrons. The van der Waals surface area contributed by atoms with E-state index in [2.05, 4.69) is 24.2 Å². The molecule has 0 unspecified atom stereocenters. The first kappa shape index (κ1) is 17.6. The van der Waals surface area contributed by atoms with Crippen LogP contribution in [0.5, 0.6) is 0 Å². The number of aromatic nitrogens is 2. The van der Waals surface area contributed by atoms with Gasteiger partial charge in [0.1, 0.15) is 11.6 Å². The first-order chi connectivity index (χ1) is 13.6. The lowest BCUT2D eigenvalue weighted by Gasteiger charge is -2.43. The topological polar surface area (TPSA) is 34.9 Å². The third-order valence-corrected chi connectivity index (χ3v) is 7.14. The van der Waals surface area contributed by atoms with E-state index in [4.69, 9.17) is 0 Å². The molecule has 1 saturated carbocycles. The van der Waals surface area contributed by atoms with Crippen LogP contribution in [0.25, 0.3) is 16.6 Å². The van der Waals surface area contributed by atoms with Crippen molar-refractivity contribution in [1.29, 1.82) is 0 Å². The summed E-state index contributed by atoms with van der Waals surface area (Å²) < 4.78 is 15.2. The number of carbonyl (C=O) groups is 1. The SMILES string of the molecule is CC[C@@]12CCC(=O)C[C@@H]1CCCc1cc3c(cnn3-c3ccc(F)cc3)cc12. The first-order valence-corrected chi connectivity index (χ1v) is 10.4. The fourth-order valence-corrected chi connectivity index (χ4v) is 5.64. The summed E-state index contributed by atoms with van der Waals surface area (Å²) in [6.07, 6.45) is 8.71. The number of carbonyl (C=O) groups excluding carboxylic acids is 1.